The van der Waals surface area contributed by atoms with Crippen LogP contribution in [-0.2, 0) is 28.6 Å². The van der Waals surface area contributed by atoms with Crippen molar-refractivity contribution in [1.82, 2.24) is 0 Å². The van der Waals surface area contributed by atoms with Gasteiger partial charge in [-0.1, -0.05) is 276 Å². The molecule has 0 saturated carbocycles. The zero-order valence-corrected chi connectivity index (χ0v) is 49.2. The van der Waals surface area contributed by atoms with Gasteiger partial charge in [-0.25, -0.2) is 0 Å². The van der Waals surface area contributed by atoms with E-state index in [0.29, 0.717) is 19.3 Å². The van der Waals surface area contributed by atoms with Gasteiger partial charge in [0, 0.05) is 19.3 Å². The lowest BCUT2D eigenvalue weighted by Gasteiger charge is -2.18. The predicted molar refractivity (Wildman–Crippen MR) is 329 cm³/mol. The molecule has 0 heterocycles. The summed E-state index contributed by atoms with van der Waals surface area (Å²) in [6, 6.07) is 0. The Morgan fingerprint density at radius 2 is 0.526 bits per heavy atom. The summed E-state index contributed by atoms with van der Waals surface area (Å²) in [5, 5.41) is 0. The third kappa shape index (κ3) is 60.4. The highest BCUT2D eigenvalue weighted by molar-refractivity contribution is 5.71. The van der Waals surface area contributed by atoms with E-state index in [2.05, 4.69) is 154 Å². The van der Waals surface area contributed by atoms with Crippen molar-refractivity contribution < 1.29 is 28.6 Å². The molecule has 6 nitrogen and oxygen atoms in total. The zero-order valence-electron chi connectivity index (χ0n) is 49.2. The maximum atomic E-state index is 12.9. The first kappa shape index (κ1) is 71.5. The van der Waals surface area contributed by atoms with Crippen LogP contribution in [0.1, 0.15) is 271 Å². The molecule has 0 aliphatic rings. The fourth-order valence-electron chi connectivity index (χ4n) is 8.31. The van der Waals surface area contributed by atoms with E-state index in [9.17, 15) is 14.4 Å². The van der Waals surface area contributed by atoms with Gasteiger partial charge >= 0.3 is 17.9 Å². The Balaban J connectivity index is 4.53. The standard InChI is InChI=1S/C70H114O6/c1-4-7-10-13-16-19-22-25-28-31-33-35-37-39-42-45-48-51-54-57-60-63-69(72)75-66-67(65-74-68(71)62-59-56-53-50-47-44-41-38-30-27-24-21-18-15-12-9-6-3)76-70(73)64-61-58-55-52-49-46-43-40-36-34-32-29-26-23-20-17-14-11-8-5-2/h7,9-10,12,16,18-19,21,25,27-28,30,33,35,39,41-42,44,48,50-51,53,67H,4-6,8,11,13-15,17,20,22-24,26,29,31-32,34,36-38,40,43,45-47,49,52,54-66H2,1-3H3/b10-7-,12-9-,19-16-,21-18-,28-25-,30-27-,35-33-,42-39-,44-41-,51-48-,53-50-. The van der Waals surface area contributed by atoms with Crippen LogP contribution in [0, 0.1) is 0 Å². The Morgan fingerprint density at radius 3 is 0.855 bits per heavy atom. The van der Waals surface area contributed by atoms with Gasteiger partial charge in [0.05, 0.1) is 0 Å². The molecule has 0 spiro atoms. The highest BCUT2D eigenvalue weighted by Crippen LogP contribution is 2.16. The van der Waals surface area contributed by atoms with Crippen LogP contribution in [0.5, 0.6) is 0 Å². The summed E-state index contributed by atoms with van der Waals surface area (Å²) in [6.07, 6.45) is 88.9. The van der Waals surface area contributed by atoms with Crippen molar-refractivity contribution in [2.45, 2.75) is 277 Å². The first-order valence-corrected chi connectivity index (χ1v) is 31.2. The molecule has 0 radical (unpaired) electrons. The summed E-state index contributed by atoms with van der Waals surface area (Å²) in [5.74, 6) is -1.02. The molecule has 0 saturated heterocycles. The highest BCUT2D eigenvalue weighted by Gasteiger charge is 2.19. The Bertz CT molecular complexity index is 1630. The lowest BCUT2D eigenvalue weighted by atomic mass is 10.0. The second kappa shape index (κ2) is 63.1. The molecule has 0 bridgehead atoms. The van der Waals surface area contributed by atoms with Gasteiger partial charge in [-0.15, -0.1) is 0 Å². The molecule has 0 aromatic rings. The van der Waals surface area contributed by atoms with E-state index in [1.165, 1.54) is 109 Å². The summed E-state index contributed by atoms with van der Waals surface area (Å²) in [5.41, 5.74) is 0. The van der Waals surface area contributed by atoms with Gasteiger partial charge < -0.3 is 14.2 Å². The quantitative estimate of drug-likeness (QED) is 0.0261. The molecule has 0 aromatic heterocycles. The van der Waals surface area contributed by atoms with Gasteiger partial charge in [0.2, 0.25) is 0 Å². The van der Waals surface area contributed by atoms with Crippen LogP contribution in [0.15, 0.2) is 134 Å². The number of carbonyl (C=O) groups excluding carboxylic acids is 3. The number of rotatable bonds is 55. The average molecular weight is 1050 g/mol. The molecule has 430 valence electrons. The summed E-state index contributed by atoms with van der Waals surface area (Å²) < 4.78 is 16.8. The van der Waals surface area contributed by atoms with Crippen molar-refractivity contribution in [3.8, 4) is 0 Å². The molecular weight excluding hydrogens is 937 g/mol. The van der Waals surface area contributed by atoms with E-state index in [4.69, 9.17) is 14.2 Å². The van der Waals surface area contributed by atoms with Crippen molar-refractivity contribution in [3.63, 3.8) is 0 Å². The molecule has 0 amide bonds. The molecule has 0 fully saturated rings. The predicted octanol–water partition coefficient (Wildman–Crippen LogP) is 21.4. The van der Waals surface area contributed by atoms with E-state index in [1.807, 2.05) is 0 Å². The Labute approximate surface area is 468 Å². The largest absolute Gasteiger partial charge is 0.462 e. The van der Waals surface area contributed by atoms with Crippen molar-refractivity contribution in [3.05, 3.63) is 134 Å². The van der Waals surface area contributed by atoms with Gasteiger partial charge in [-0.3, -0.25) is 14.4 Å². The maximum Gasteiger partial charge on any atom is 0.306 e. The number of hydrogen-bond donors (Lipinski definition) is 0. The third-order valence-corrected chi connectivity index (χ3v) is 12.9. The topological polar surface area (TPSA) is 78.9 Å². The number of ether oxygens (including phenoxy) is 3. The van der Waals surface area contributed by atoms with E-state index in [0.717, 1.165) is 109 Å². The van der Waals surface area contributed by atoms with E-state index < -0.39 is 6.10 Å². The van der Waals surface area contributed by atoms with Crippen molar-refractivity contribution in [1.29, 1.82) is 0 Å². The summed E-state index contributed by atoms with van der Waals surface area (Å²) in [4.78, 5) is 38.3. The molecule has 1 unspecified atom stereocenters. The average Bonchev–Trinajstić information content (AvgIpc) is 3.42. The molecule has 0 aliphatic heterocycles. The Morgan fingerprint density at radius 1 is 0.276 bits per heavy atom. The van der Waals surface area contributed by atoms with Crippen LogP contribution >= 0.6 is 0 Å². The van der Waals surface area contributed by atoms with Crippen LogP contribution < -0.4 is 0 Å². The van der Waals surface area contributed by atoms with Crippen molar-refractivity contribution in [2.75, 3.05) is 13.2 Å². The lowest BCUT2D eigenvalue weighted by molar-refractivity contribution is -0.167. The fraction of sp³-hybridized carbons (Fsp3) is 0.643. The van der Waals surface area contributed by atoms with Crippen LogP contribution in [0.3, 0.4) is 0 Å². The first-order chi connectivity index (χ1) is 37.5. The zero-order chi connectivity index (χ0) is 55.0. The SMILES string of the molecule is CC/C=C\C/C=C\C/C=C\C/C=C\C/C=C\C/C=C\CCCCC(=O)OCC(COC(=O)CCC/C=C\C/C=C\C/C=C\C/C=C\C/C=C\CC)OC(=O)CCCCCCCCCCCCCCCCCCCCCC. The van der Waals surface area contributed by atoms with E-state index >= 15 is 0 Å². The Kier molecular flexibility index (Phi) is 59.4. The minimum Gasteiger partial charge on any atom is -0.462 e. The second-order valence-electron chi connectivity index (χ2n) is 20.2. The smallest absolute Gasteiger partial charge is 0.306 e. The fourth-order valence-corrected chi connectivity index (χ4v) is 8.31. The van der Waals surface area contributed by atoms with Gasteiger partial charge in [0.25, 0.3) is 0 Å². The molecule has 76 heavy (non-hydrogen) atoms. The third-order valence-electron chi connectivity index (χ3n) is 12.9. The molecule has 0 N–H and O–H groups in total. The van der Waals surface area contributed by atoms with Crippen LogP contribution in [0.25, 0.3) is 0 Å². The number of hydrogen-bond acceptors (Lipinski definition) is 6. The minimum atomic E-state index is -0.824. The van der Waals surface area contributed by atoms with Crippen LogP contribution in [0.2, 0.25) is 0 Å². The highest BCUT2D eigenvalue weighted by atomic mass is 16.6. The second-order valence-corrected chi connectivity index (χ2v) is 20.2. The van der Waals surface area contributed by atoms with Gasteiger partial charge in [0.15, 0.2) is 6.10 Å². The summed E-state index contributed by atoms with van der Waals surface area (Å²) >= 11 is 0. The Hall–Kier alpha value is -4.45. The van der Waals surface area contributed by atoms with Crippen LogP contribution in [-0.4, -0.2) is 37.2 Å². The minimum absolute atomic E-state index is 0.121. The number of carbonyl (C=O) groups is 3. The number of allylic oxidation sites excluding steroid dienone is 22. The van der Waals surface area contributed by atoms with Crippen molar-refractivity contribution in [2.24, 2.45) is 0 Å². The van der Waals surface area contributed by atoms with Crippen LogP contribution in [0.4, 0.5) is 0 Å². The van der Waals surface area contributed by atoms with Gasteiger partial charge in [-0.05, 0) is 109 Å². The molecular formula is C70H114O6. The summed E-state index contributed by atoms with van der Waals surface area (Å²) in [7, 11) is 0. The number of esters is 3. The summed E-state index contributed by atoms with van der Waals surface area (Å²) in [6.45, 7) is 6.34. The molecule has 0 aromatic carbocycles. The molecule has 1 atom stereocenters. The van der Waals surface area contributed by atoms with E-state index in [-0.39, 0.29) is 44.0 Å². The molecule has 0 rings (SSSR count). The molecule has 6 heteroatoms. The number of unbranched alkanes of at least 4 members (excludes halogenated alkanes) is 22. The van der Waals surface area contributed by atoms with Gasteiger partial charge in [-0.2, -0.15) is 0 Å². The van der Waals surface area contributed by atoms with E-state index in [1.54, 1.807) is 0 Å². The van der Waals surface area contributed by atoms with Crippen molar-refractivity contribution >= 4 is 17.9 Å². The monoisotopic (exact) mass is 1050 g/mol. The first-order valence-electron chi connectivity index (χ1n) is 31.2. The lowest BCUT2D eigenvalue weighted by Crippen LogP contribution is -2.30. The maximum absolute atomic E-state index is 12.9. The van der Waals surface area contributed by atoms with Gasteiger partial charge in [0.1, 0.15) is 13.2 Å². The normalized spacial score (nSPS) is 13.0. The molecule has 0 aliphatic carbocycles.